The van der Waals surface area contributed by atoms with Gasteiger partial charge in [0.2, 0.25) is 11.6 Å². The molecule has 0 spiro atoms. The molecule has 0 atom stereocenters. The summed E-state index contributed by atoms with van der Waals surface area (Å²) in [6, 6.07) is 7.47. The lowest BCUT2D eigenvalue weighted by molar-refractivity contribution is -0.236. The molecular formula is C37H38BClF12N10O4. The van der Waals surface area contributed by atoms with Gasteiger partial charge >= 0.3 is 19.5 Å². The number of hydrogen-bond acceptors (Lipinski definition) is 12. The van der Waals surface area contributed by atoms with Crippen molar-refractivity contribution in [2.45, 2.75) is 110 Å². The minimum atomic E-state index is -4.74. The van der Waals surface area contributed by atoms with E-state index in [4.69, 9.17) is 25.6 Å². The normalized spacial score (nSPS) is 15.1. The lowest BCUT2D eigenvalue weighted by Gasteiger charge is -2.32. The first-order valence-electron chi connectivity index (χ1n) is 18.2. The summed E-state index contributed by atoms with van der Waals surface area (Å²) in [6.45, 7) is 10.4. The van der Waals surface area contributed by atoms with Gasteiger partial charge in [0.15, 0.2) is 34.1 Å². The Morgan fingerprint density at radius 3 is 1.51 bits per heavy atom. The maximum atomic E-state index is 14.2. The third-order valence-electron chi connectivity index (χ3n) is 9.46. The number of aromatic nitrogens is 10. The number of ether oxygens (including phenoxy) is 2. The molecule has 6 aromatic rings. The van der Waals surface area contributed by atoms with Crippen LogP contribution in [0.4, 0.5) is 52.7 Å². The lowest BCUT2D eigenvalue weighted by Crippen LogP contribution is -2.45. The molecule has 0 radical (unpaired) electrons. The van der Waals surface area contributed by atoms with E-state index in [0.29, 0.717) is 0 Å². The molecule has 1 aliphatic rings. The zero-order valence-corrected chi connectivity index (χ0v) is 35.1. The Hall–Kier alpha value is -5.57. The van der Waals surface area contributed by atoms with Crippen LogP contribution in [-0.4, -0.2) is 91.5 Å². The first-order valence-corrected chi connectivity index (χ1v) is 18.6. The molecular weight excluding hydrogens is 923 g/mol. The topological polar surface area (TPSA) is 149 Å². The van der Waals surface area contributed by atoms with Gasteiger partial charge in [0.25, 0.3) is 24.6 Å². The smallest absolute Gasteiger partial charge is 0.460 e. The van der Waals surface area contributed by atoms with Crippen molar-refractivity contribution in [1.82, 2.24) is 49.6 Å². The summed E-state index contributed by atoms with van der Waals surface area (Å²) in [4.78, 5) is 7.21. The molecule has 0 bridgehead atoms. The number of pyridine rings is 2. The van der Waals surface area contributed by atoms with Gasteiger partial charge in [0.1, 0.15) is 5.15 Å². The Morgan fingerprint density at radius 2 is 1.08 bits per heavy atom. The molecule has 7 heterocycles. The summed E-state index contributed by atoms with van der Waals surface area (Å²) in [5.41, 5.74) is -5.82. The van der Waals surface area contributed by atoms with Crippen molar-refractivity contribution in [1.29, 1.82) is 0 Å². The average Bonchev–Trinajstić information content (AvgIpc) is 3.85. The Labute approximate surface area is 366 Å². The molecule has 0 N–H and O–H groups in total. The van der Waals surface area contributed by atoms with Gasteiger partial charge < -0.3 is 18.8 Å². The highest BCUT2D eigenvalue weighted by Crippen LogP contribution is 2.38. The van der Waals surface area contributed by atoms with E-state index in [0.717, 1.165) is 55.1 Å². The van der Waals surface area contributed by atoms with E-state index in [-0.39, 0.29) is 40.6 Å². The zero-order valence-electron chi connectivity index (χ0n) is 34.4. The maximum absolute atomic E-state index is 14.2. The molecule has 1 fully saturated rings. The van der Waals surface area contributed by atoms with Crippen LogP contribution in [0.3, 0.4) is 0 Å². The van der Waals surface area contributed by atoms with Crippen molar-refractivity contribution in [3.8, 4) is 23.0 Å². The molecule has 354 valence electrons. The fraction of sp³-hybridized carbons (Fsp3) is 0.459. The summed E-state index contributed by atoms with van der Waals surface area (Å²) in [5.74, 6) is -4.95. The molecule has 0 saturated carbocycles. The van der Waals surface area contributed by atoms with Gasteiger partial charge in [0, 0.05) is 23.4 Å². The summed E-state index contributed by atoms with van der Waals surface area (Å²) in [5, 5.41) is 21.3. The highest BCUT2D eigenvalue weighted by Gasteiger charge is 2.53. The molecule has 14 nitrogen and oxygen atoms in total. The second kappa shape index (κ2) is 18.7. The Balaban J connectivity index is 0.000000223. The highest BCUT2D eigenvalue weighted by molar-refractivity contribution is 6.62. The van der Waals surface area contributed by atoms with Crippen LogP contribution < -0.4 is 14.9 Å². The standard InChI is InChI=1S/C15H20BF4NO3.C15H11F6N5O.C6H3ClF2N4.CH4/c1-12(2)13(3,4)24-16(23-12)9-7-10(17)11(21-8-9)22-14(5,6)15(18,19)20;1-14(2,15(19,20)21)27-13-8(16)5-7(6-22-13)9-3-4-10-23-24-12(11(17)18)26(10)25-9;7-3-1-2-4-10-11-6(5(8)9)13(4)12-3;/h7-8H,1-6H3;3-6,11H,1-2H3;1-2,5H;1H4. The van der Waals surface area contributed by atoms with E-state index in [1.807, 2.05) is 27.7 Å². The monoisotopic (exact) mass is 960 g/mol. The summed E-state index contributed by atoms with van der Waals surface area (Å²) >= 11 is 5.52. The molecule has 1 aliphatic heterocycles. The van der Waals surface area contributed by atoms with E-state index in [1.54, 1.807) is 0 Å². The second-order valence-electron chi connectivity index (χ2n) is 15.5. The Morgan fingerprint density at radius 1 is 0.646 bits per heavy atom. The first-order chi connectivity index (χ1) is 29.3. The van der Waals surface area contributed by atoms with Crippen molar-refractivity contribution in [2.75, 3.05) is 0 Å². The van der Waals surface area contributed by atoms with Crippen LogP contribution in [0.5, 0.6) is 11.8 Å². The SMILES string of the molecule is C.CC(C)(Oc1ncc(-c2ccc3nnc(C(F)F)n3n2)cc1F)C(F)(F)F.CC(C)(Oc1ncc(B2OC(C)(C)C(C)(C)O2)cc1F)C(F)(F)F.FC(F)c1nnc2ccc(Cl)nn12. The van der Waals surface area contributed by atoms with E-state index in [1.165, 1.54) is 30.5 Å². The minimum Gasteiger partial charge on any atom is -0.460 e. The molecule has 28 heteroatoms. The van der Waals surface area contributed by atoms with Crippen LogP contribution in [0.2, 0.25) is 5.15 Å². The third-order valence-corrected chi connectivity index (χ3v) is 9.66. The van der Waals surface area contributed by atoms with Crippen LogP contribution in [0, 0.1) is 11.6 Å². The van der Waals surface area contributed by atoms with Gasteiger partial charge in [-0.2, -0.15) is 45.6 Å². The first kappa shape index (κ1) is 52.1. The number of nitrogens with zero attached hydrogens (tertiary/aromatic N) is 10. The second-order valence-corrected chi connectivity index (χ2v) is 15.9. The number of halogens is 13. The highest BCUT2D eigenvalue weighted by atomic mass is 35.5. The Bertz CT molecular complexity index is 2590. The third kappa shape index (κ3) is 11.5. The van der Waals surface area contributed by atoms with Crippen LogP contribution in [-0.2, 0) is 9.31 Å². The fourth-order valence-corrected chi connectivity index (χ4v) is 5.02. The van der Waals surface area contributed by atoms with E-state index in [9.17, 15) is 52.7 Å². The predicted molar refractivity (Wildman–Crippen MR) is 208 cm³/mol. The van der Waals surface area contributed by atoms with Gasteiger partial charge in [-0.1, -0.05) is 19.0 Å². The van der Waals surface area contributed by atoms with E-state index >= 15 is 0 Å². The van der Waals surface area contributed by atoms with Crippen molar-refractivity contribution in [3.63, 3.8) is 0 Å². The van der Waals surface area contributed by atoms with Gasteiger partial charge in [-0.05, 0) is 91.8 Å². The summed E-state index contributed by atoms with van der Waals surface area (Å²) in [6.07, 6.45) is -12.8. The molecule has 7 rings (SSSR count). The molecule has 65 heavy (non-hydrogen) atoms. The number of alkyl halides is 10. The van der Waals surface area contributed by atoms with Crippen LogP contribution in [0.15, 0.2) is 48.8 Å². The van der Waals surface area contributed by atoms with Gasteiger partial charge in [-0.25, -0.2) is 36.3 Å². The van der Waals surface area contributed by atoms with Crippen molar-refractivity contribution in [3.05, 3.63) is 77.2 Å². The van der Waals surface area contributed by atoms with E-state index < -0.39 is 89.8 Å². The summed E-state index contributed by atoms with van der Waals surface area (Å²) in [7, 11) is -0.860. The van der Waals surface area contributed by atoms with Gasteiger partial charge in [0.05, 0.1) is 16.9 Å². The summed E-state index contributed by atoms with van der Waals surface area (Å²) < 4.78 is 178. The van der Waals surface area contributed by atoms with Crippen LogP contribution in [0.25, 0.3) is 22.6 Å². The van der Waals surface area contributed by atoms with Crippen LogP contribution in [0.1, 0.15) is 87.3 Å². The molecule has 6 aromatic heterocycles. The average molecular weight is 961 g/mol. The number of rotatable bonds is 8. The predicted octanol–water partition coefficient (Wildman–Crippen LogP) is 9.57. The largest absolute Gasteiger partial charge is 0.496 e. The number of hydrogen-bond donors (Lipinski definition) is 0. The van der Waals surface area contributed by atoms with Crippen LogP contribution >= 0.6 is 11.6 Å². The molecule has 0 aliphatic carbocycles. The molecule has 0 aromatic carbocycles. The lowest BCUT2D eigenvalue weighted by atomic mass is 9.80. The molecule has 0 unspecified atom stereocenters. The maximum Gasteiger partial charge on any atom is 0.496 e. The minimum absolute atomic E-state index is 0. The van der Waals surface area contributed by atoms with Crippen molar-refractivity contribution >= 4 is 35.5 Å². The molecule has 1 saturated heterocycles. The fourth-order valence-electron chi connectivity index (χ4n) is 4.88. The quantitative estimate of drug-likeness (QED) is 0.106. The molecule has 0 amide bonds. The van der Waals surface area contributed by atoms with Crippen molar-refractivity contribution < 1.29 is 71.5 Å². The number of fused-ring (bicyclic) bond motifs is 2. The van der Waals surface area contributed by atoms with Gasteiger partial charge in [-0.3, -0.25) is 0 Å². The van der Waals surface area contributed by atoms with Gasteiger partial charge in [-0.15, -0.1) is 20.4 Å². The Kier molecular flexibility index (Phi) is 15.0. The van der Waals surface area contributed by atoms with Crippen molar-refractivity contribution in [2.24, 2.45) is 0 Å². The zero-order chi connectivity index (χ0) is 48.0. The van der Waals surface area contributed by atoms with E-state index in [2.05, 4.69) is 45.3 Å².